The van der Waals surface area contributed by atoms with Crippen molar-refractivity contribution in [2.75, 3.05) is 0 Å². The van der Waals surface area contributed by atoms with E-state index in [1.54, 1.807) is 11.3 Å². The van der Waals surface area contributed by atoms with Crippen LogP contribution in [0.15, 0.2) is 12.1 Å². The number of rotatable bonds is 5. The highest BCUT2D eigenvalue weighted by Crippen LogP contribution is 2.30. The second-order valence-corrected chi connectivity index (χ2v) is 5.41. The molecular formula is C11H18ClNS. The Bertz CT molecular complexity index is 268. The van der Waals surface area contributed by atoms with E-state index in [2.05, 4.69) is 13.8 Å². The van der Waals surface area contributed by atoms with Gasteiger partial charge in [-0.25, -0.2) is 0 Å². The maximum atomic E-state index is 6.11. The Morgan fingerprint density at radius 2 is 2.00 bits per heavy atom. The Balaban J connectivity index is 2.53. The summed E-state index contributed by atoms with van der Waals surface area (Å²) in [7, 11) is 0. The van der Waals surface area contributed by atoms with Crippen molar-refractivity contribution in [3.8, 4) is 0 Å². The van der Waals surface area contributed by atoms with Crippen molar-refractivity contribution in [1.29, 1.82) is 0 Å². The molecule has 0 saturated carbocycles. The minimum Gasteiger partial charge on any atom is -0.323 e. The predicted octanol–water partition coefficient (Wildman–Crippen LogP) is 4.23. The molecule has 0 saturated heterocycles. The van der Waals surface area contributed by atoms with Crippen LogP contribution in [-0.2, 0) is 0 Å². The first-order valence-corrected chi connectivity index (χ1v) is 6.37. The molecule has 1 aromatic rings. The van der Waals surface area contributed by atoms with Crippen molar-refractivity contribution in [3.05, 3.63) is 21.3 Å². The van der Waals surface area contributed by atoms with Crippen molar-refractivity contribution in [3.63, 3.8) is 0 Å². The van der Waals surface area contributed by atoms with Crippen LogP contribution in [0.4, 0.5) is 0 Å². The van der Waals surface area contributed by atoms with Crippen molar-refractivity contribution in [2.45, 2.75) is 39.2 Å². The van der Waals surface area contributed by atoms with Crippen LogP contribution in [0.3, 0.4) is 0 Å². The summed E-state index contributed by atoms with van der Waals surface area (Å²) in [4.78, 5) is 1.21. The summed E-state index contributed by atoms with van der Waals surface area (Å²) in [6.07, 6.45) is 3.50. The zero-order valence-corrected chi connectivity index (χ0v) is 10.4. The fourth-order valence-corrected chi connectivity index (χ4v) is 2.70. The Morgan fingerprint density at radius 1 is 1.36 bits per heavy atom. The Morgan fingerprint density at radius 3 is 2.43 bits per heavy atom. The molecule has 1 unspecified atom stereocenters. The molecule has 0 fully saturated rings. The molecule has 1 aromatic heterocycles. The average Bonchev–Trinajstić information content (AvgIpc) is 2.61. The van der Waals surface area contributed by atoms with Crippen molar-refractivity contribution in [2.24, 2.45) is 11.7 Å². The number of halogens is 1. The van der Waals surface area contributed by atoms with Crippen molar-refractivity contribution < 1.29 is 0 Å². The van der Waals surface area contributed by atoms with Gasteiger partial charge < -0.3 is 5.73 Å². The van der Waals surface area contributed by atoms with Crippen LogP contribution in [0.1, 0.15) is 44.0 Å². The summed E-state index contributed by atoms with van der Waals surface area (Å²) >= 11 is 7.47. The monoisotopic (exact) mass is 231 g/mol. The molecule has 0 aliphatic carbocycles. The van der Waals surface area contributed by atoms with Gasteiger partial charge in [0.25, 0.3) is 0 Å². The molecule has 0 aromatic carbocycles. The van der Waals surface area contributed by atoms with E-state index in [0.29, 0.717) is 0 Å². The highest BCUT2D eigenvalue weighted by atomic mass is 35.5. The lowest BCUT2D eigenvalue weighted by Gasteiger charge is -2.16. The van der Waals surface area contributed by atoms with Crippen LogP contribution in [0, 0.1) is 5.92 Å². The summed E-state index contributed by atoms with van der Waals surface area (Å²) in [6.45, 7) is 4.45. The third-order valence-electron chi connectivity index (χ3n) is 2.70. The molecule has 14 heavy (non-hydrogen) atoms. The van der Waals surface area contributed by atoms with Gasteiger partial charge in [0, 0.05) is 10.9 Å². The minimum absolute atomic E-state index is 0.164. The molecule has 0 spiro atoms. The number of hydrogen-bond donors (Lipinski definition) is 1. The Hall–Kier alpha value is -0.0500. The topological polar surface area (TPSA) is 26.0 Å². The van der Waals surface area contributed by atoms with Crippen LogP contribution in [-0.4, -0.2) is 0 Å². The van der Waals surface area contributed by atoms with Crippen LogP contribution in [0.5, 0.6) is 0 Å². The van der Waals surface area contributed by atoms with E-state index in [1.807, 2.05) is 12.1 Å². The summed E-state index contributed by atoms with van der Waals surface area (Å²) < 4.78 is 0.833. The van der Waals surface area contributed by atoms with Gasteiger partial charge in [-0.15, -0.1) is 11.3 Å². The van der Waals surface area contributed by atoms with Gasteiger partial charge in [-0.1, -0.05) is 38.3 Å². The SMILES string of the molecule is CCC(CC)CC(N)c1ccc(Cl)s1. The highest BCUT2D eigenvalue weighted by molar-refractivity contribution is 7.16. The van der Waals surface area contributed by atoms with Crippen LogP contribution in [0.2, 0.25) is 4.34 Å². The second kappa shape index (κ2) is 5.74. The van der Waals surface area contributed by atoms with E-state index in [0.717, 1.165) is 16.7 Å². The van der Waals surface area contributed by atoms with Crippen LogP contribution < -0.4 is 5.73 Å². The van der Waals surface area contributed by atoms with Gasteiger partial charge in [0.1, 0.15) is 0 Å². The Kier molecular flexibility index (Phi) is 4.93. The highest BCUT2D eigenvalue weighted by Gasteiger charge is 2.13. The number of thiophene rings is 1. The van der Waals surface area contributed by atoms with E-state index < -0.39 is 0 Å². The summed E-state index contributed by atoms with van der Waals surface area (Å²) in [5, 5.41) is 0. The normalized spacial score (nSPS) is 13.5. The van der Waals surface area contributed by atoms with Gasteiger partial charge in [-0.05, 0) is 24.5 Å². The van der Waals surface area contributed by atoms with Crippen molar-refractivity contribution in [1.82, 2.24) is 0 Å². The first-order valence-electron chi connectivity index (χ1n) is 5.18. The largest absolute Gasteiger partial charge is 0.323 e. The van der Waals surface area contributed by atoms with E-state index in [1.165, 1.54) is 17.7 Å². The predicted molar refractivity (Wildman–Crippen MR) is 64.9 cm³/mol. The number of hydrogen-bond acceptors (Lipinski definition) is 2. The standard InChI is InChI=1S/C11H18ClNS/c1-3-8(4-2)7-9(13)10-5-6-11(12)14-10/h5-6,8-9H,3-4,7,13H2,1-2H3. The summed E-state index contributed by atoms with van der Waals surface area (Å²) in [6, 6.07) is 4.13. The van der Waals surface area contributed by atoms with Crippen molar-refractivity contribution >= 4 is 22.9 Å². The molecule has 0 amide bonds. The van der Waals surface area contributed by atoms with Gasteiger partial charge in [0.15, 0.2) is 0 Å². The molecule has 1 nitrogen and oxygen atoms in total. The van der Waals surface area contributed by atoms with Gasteiger partial charge in [-0.3, -0.25) is 0 Å². The lowest BCUT2D eigenvalue weighted by atomic mass is 9.94. The Labute approximate surface area is 95.3 Å². The molecule has 80 valence electrons. The van der Waals surface area contributed by atoms with E-state index in [9.17, 15) is 0 Å². The zero-order valence-electron chi connectivity index (χ0n) is 8.79. The number of nitrogens with two attached hydrogens (primary N) is 1. The molecular weight excluding hydrogens is 214 g/mol. The first-order chi connectivity index (χ1) is 6.67. The molecule has 1 rings (SSSR count). The van der Waals surface area contributed by atoms with Gasteiger partial charge in [0.2, 0.25) is 0 Å². The fourth-order valence-electron chi connectivity index (χ4n) is 1.62. The van der Waals surface area contributed by atoms with E-state index in [4.69, 9.17) is 17.3 Å². The summed E-state index contributed by atoms with van der Waals surface area (Å²) in [5.74, 6) is 0.742. The molecule has 0 aliphatic heterocycles. The molecule has 0 bridgehead atoms. The molecule has 1 heterocycles. The van der Waals surface area contributed by atoms with Crippen LogP contribution >= 0.6 is 22.9 Å². The lowest BCUT2D eigenvalue weighted by molar-refractivity contribution is 0.417. The zero-order chi connectivity index (χ0) is 10.6. The molecule has 1 atom stereocenters. The van der Waals surface area contributed by atoms with Gasteiger partial charge >= 0.3 is 0 Å². The third-order valence-corrected chi connectivity index (χ3v) is 4.06. The minimum atomic E-state index is 0.164. The van der Waals surface area contributed by atoms with Crippen LogP contribution in [0.25, 0.3) is 0 Å². The van der Waals surface area contributed by atoms with Gasteiger partial charge in [-0.2, -0.15) is 0 Å². The van der Waals surface area contributed by atoms with Gasteiger partial charge in [0.05, 0.1) is 4.34 Å². The molecule has 0 aliphatic rings. The fraction of sp³-hybridized carbons (Fsp3) is 0.636. The third kappa shape index (κ3) is 3.26. The maximum Gasteiger partial charge on any atom is 0.0931 e. The maximum absolute atomic E-state index is 6.11. The second-order valence-electron chi connectivity index (χ2n) is 3.67. The summed E-state index contributed by atoms with van der Waals surface area (Å²) in [5.41, 5.74) is 6.11. The van der Waals surface area contributed by atoms with E-state index >= 15 is 0 Å². The lowest BCUT2D eigenvalue weighted by Crippen LogP contribution is -2.13. The molecule has 0 radical (unpaired) electrons. The molecule has 2 N–H and O–H groups in total. The smallest absolute Gasteiger partial charge is 0.0931 e. The quantitative estimate of drug-likeness (QED) is 0.807. The first kappa shape index (κ1) is 12.0. The average molecular weight is 232 g/mol. The van der Waals surface area contributed by atoms with E-state index in [-0.39, 0.29) is 6.04 Å². The molecule has 3 heteroatoms.